The van der Waals surface area contributed by atoms with Crippen LogP contribution in [0.5, 0.6) is 11.5 Å². The Kier molecular flexibility index (Phi) is 5.60. The molecule has 0 spiro atoms. The zero-order valence-electron chi connectivity index (χ0n) is 20.1. The Hall–Kier alpha value is -3.70. The molecule has 12 heteroatoms. The fraction of sp³-hybridized carbons (Fsp3) is 0.348. The largest absolute Gasteiger partial charge is 0.450 e. The lowest BCUT2D eigenvalue weighted by Crippen LogP contribution is -2.22. The van der Waals surface area contributed by atoms with E-state index in [1.165, 1.54) is 6.20 Å². The SMILES string of the molecule is C[C@@H](O)Cn1nc(Nc2nc3ncc(Oc4cnn5ccncc45)c(Cl)c3n2C)cc1C(C)(C)C. The van der Waals surface area contributed by atoms with Gasteiger partial charge in [0, 0.05) is 36.6 Å². The summed E-state index contributed by atoms with van der Waals surface area (Å²) in [6.45, 7) is 8.44. The highest BCUT2D eigenvalue weighted by Crippen LogP contribution is 2.36. The number of aromatic nitrogens is 8. The van der Waals surface area contributed by atoms with Gasteiger partial charge in [-0.1, -0.05) is 32.4 Å². The van der Waals surface area contributed by atoms with Crippen LogP contribution in [0, 0.1) is 0 Å². The molecule has 5 heterocycles. The van der Waals surface area contributed by atoms with Gasteiger partial charge in [-0.05, 0) is 6.92 Å². The molecule has 0 bridgehead atoms. The first-order valence-corrected chi connectivity index (χ1v) is 11.5. The van der Waals surface area contributed by atoms with Gasteiger partial charge in [-0.15, -0.1) is 0 Å². The second-order valence-corrected chi connectivity index (χ2v) is 9.82. The van der Waals surface area contributed by atoms with Gasteiger partial charge in [0.25, 0.3) is 0 Å². The van der Waals surface area contributed by atoms with Crippen molar-refractivity contribution in [3.63, 3.8) is 0 Å². The number of imidazole rings is 1. The number of nitrogens with zero attached hydrogens (tertiary/aromatic N) is 8. The first-order valence-electron chi connectivity index (χ1n) is 11.1. The molecule has 0 aliphatic carbocycles. The molecule has 0 radical (unpaired) electrons. The molecule has 0 saturated heterocycles. The van der Waals surface area contributed by atoms with Crippen molar-refractivity contribution in [2.75, 3.05) is 5.32 Å². The van der Waals surface area contributed by atoms with Gasteiger partial charge < -0.3 is 19.7 Å². The number of nitrogens with one attached hydrogen (secondary N) is 1. The third-order valence-electron chi connectivity index (χ3n) is 5.54. The summed E-state index contributed by atoms with van der Waals surface area (Å²) in [4.78, 5) is 13.2. The maximum Gasteiger partial charge on any atom is 0.210 e. The van der Waals surface area contributed by atoms with Crippen molar-refractivity contribution in [2.24, 2.45) is 7.05 Å². The molecule has 0 unspecified atom stereocenters. The number of anilines is 2. The molecule has 0 saturated carbocycles. The summed E-state index contributed by atoms with van der Waals surface area (Å²) >= 11 is 6.73. The van der Waals surface area contributed by atoms with Gasteiger partial charge in [0.15, 0.2) is 23.0 Å². The third kappa shape index (κ3) is 4.28. The molecule has 0 aromatic carbocycles. The summed E-state index contributed by atoms with van der Waals surface area (Å²) in [7, 11) is 1.84. The number of aryl methyl sites for hydroxylation is 1. The number of ether oxygens (including phenoxy) is 1. The monoisotopic (exact) mass is 495 g/mol. The van der Waals surface area contributed by atoms with Crippen LogP contribution >= 0.6 is 11.6 Å². The lowest BCUT2D eigenvalue weighted by atomic mass is 9.92. The first-order chi connectivity index (χ1) is 16.6. The van der Waals surface area contributed by atoms with E-state index < -0.39 is 6.10 Å². The van der Waals surface area contributed by atoms with Crippen LogP contribution in [0.15, 0.2) is 37.1 Å². The minimum Gasteiger partial charge on any atom is -0.450 e. The van der Waals surface area contributed by atoms with E-state index in [4.69, 9.17) is 16.3 Å². The van der Waals surface area contributed by atoms with Crippen LogP contribution in [0.2, 0.25) is 5.02 Å². The van der Waals surface area contributed by atoms with E-state index in [0.717, 1.165) is 5.69 Å². The van der Waals surface area contributed by atoms with Gasteiger partial charge in [0.05, 0.1) is 31.2 Å². The van der Waals surface area contributed by atoms with Crippen LogP contribution in [0.3, 0.4) is 0 Å². The van der Waals surface area contributed by atoms with Crippen molar-refractivity contribution in [1.29, 1.82) is 0 Å². The fourth-order valence-electron chi connectivity index (χ4n) is 3.89. The van der Waals surface area contributed by atoms with Crippen LogP contribution < -0.4 is 10.1 Å². The number of aliphatic hydroxyl groups excluding tert-OH is 1. The Morgan fingerprint density at radius 1 is 1.20 bits per heavy atom. The molecule has 0 aliphatic heterocycles. The van der Waals surface area contributed by atoms with Crippen molar-refractivity contribution in [3.05, 3.63) is 47.8 Å². The molecule has 0 amide bonds. The predicted octanol–water partition coefficient (Wildman–Crippen LogP) is 4.08. The molecule has 182 valence electrons. The summed E-state index contributed by atoms with van der Waals surface area (Å²) in [5.74, 6) is 2.03. The van der Waals surface area contributed by atoms with E-state index in [9.17, 15) is 5.11 Å². The average Bonchev–Trinajstić information content (AvgIpc) is 3.46. The molecule has 2 N–H and O–H groups in total. The molecule has 5 aromatic rings. The van der Waals surface area contributed by atoms with E-state index in [1.807, 2.05) is 17.8 Å². The summed E-state index contributed by atoms with van der Waals surface area (Å²) in [6, 6.07) is 1.96. The van der Waals surface area contributed by atoms with E-state index in [-0.39, 0.29) is 5.41 Å². The number of rotatable bonds is 6. The van der Waals surface area contributed by atoms with Crippen molar-refractivity contribution >= 4 is 40.0 Å². The summed E-state index contributed by atoms with van der Waals surface area (Å²) in [5.41, 5.74) is 2.63. The maximum atomic E-state index is 9.90. The highest BCUT2D eigenvalue weighted by atomic mass is 35.5. The minimum atomic E-state index is -0.523. The van der Waals surface area contributed by atoms with Crippen molar-refractivity contribution in [3.8, 4) is 11.5 Å². The highest BCUT2D eigenvalue weighted by molar-refractivity contribution is 6.36. The quantitative estimate of drug-likeness (QED) is 0.361. The molecule has 5 aromatic heterocycles. The van der Waals surface area contributed by atoms with Crippen LogP contribution in [0.1, 0.15) is 33.4 Å². The van der Waals surface area contributed by atoms with Gasteiger partial charge in [0.2, 0.25) is 5.95 Å². The predicted molar refractivity (Wildman–Crippen MR) is 132 cm³/mol. The number of fused-ring (bicyclic) bond motifs is 2. The lowest BCUT2D eigenvalue weighted by molar-refractivity contribution is 0.165. The van der Waals surface area contributed by atoms with E-state index in [0.29, 0.717) is 51.5 Å². The molecule has 11 nitrogen and oxygen atoms in total. The summed E-state index contributed by atoms with van der Waals surface area (Å²) < 4.78 is 11.3. The summed E-state index contributed by atoms with van der Waals surface area (Å²) in [5, 5.41) is 22.4. The van der Waals surface area contributed by atoms with E-state index in [2.05, 4.69) is 51.2 Å². The molecular formula is C23H26ClN9O2. The van der Waals surface area contributed by atoms with Crippen LogP contribution in [0.4, 0.5) is 11.8 Å². The van der Waals surface area contributed by atoms with Crippen LogP contribution in [-0.4, -0.2) is 50.1 Å². The Bertz CT molecular complexity index is 1530. The number of hydrogen-bond donors (Lipinski definition) is 2. The maximum absolute atomic E-state index is 9.90. The van der Waals surface area contributed by atoms with Crippen LogP contribution in [-0.2, 0) is 19.0 Å². The standard InChI is InChI=1S/C23H26ClN9O2/c1-13(34)12-33-17(23(2,3)4)8-18(30-33)28-22-29-21-20(31(22)5)19(24)16(10-26-21)35-15-11-27-32-7-6-25-9-14(15)32/h6-11,13,34H,12H2,1-5H3,(H,26,28,29,30)/t13-/m1/s1. The second kappa shape index (κ2) is 8.51. The van der Waals surface area contributed by atoms with Gasteiger partial charge >= 0.3 is 0 Å². The number of aliphatic hydroxyl groups is 1. The topological polar surface area (TPSA) is 120 Å². The Labute approximate surface area is 206 Å². The van der Waals surface area contributed by atoms with E-state index in [1.54, 1.807) is 40.8 Å². The molecule has 5 rings (SSSR count). The summed E-state index contributed by atoms with van der Waals surface area (Å²) in [6.07, 6.45) is 7.66. The second-order valence-electron chi connectivity index (χ2n) is 9.44. The Morgan fingerprint density at radius 3 is 2.74 bits per heavy atom. The number of hydrogen-bond acceptors (Lipinski definition) is 8. The Balaban J connectivity index is 1.48. The van der Waals surface area contributed by atoms with Gasteiger partial charge in [-0.2, -0.15) is 15.2 Å². The zero-order valence-corrected chi connectivity index (χ0v) is 20.8. The minimum absolute atomic E-state index is 0.154. The Morgan fingerprint density at radius 2 is 2.00 bits per heavy atom. The molecular weight excluding hydrogens is 470 g/mol. The van der Waals surface area contributed by atoms with Gasteiger partial charge in [0.1, 0.15) is 16.1 Å². The van der Waals surface area contributed by atoms with Crippen molar-refractivity contribution in [1.82, 2.24) is 38.9 Å². The smallest absolute Gasteiger partial charge is 0.210 e. The zero-order chi connectivity index (χ0) is 24.9. The molecule has 0 fully saturated rings. The van der Waals surface area contributed by atoms with Crippen molar-refractivity contribution in [2.45, 2.75) is 45.8 Å². The van der Waals surface area contributed by atoms with Crippen molar-refractivity contribution < 1.29 is 9.84 Å². The van der Waals surface area contributed by atoms with Gasteiger partial charge in [-0.25, -0.2) is 9.50 Å². The van der Waals surface area contributed by atoms with Crippen LogP contribution in [0.25, 0.3) is 16.7 Å². The number of halogens is 1. The molecule has 1 atom stereocenters. The van der Waals surface area contributed by atoms with Gasteiger partial charge in [-0.3, -0.25) is 9.67 Å². The van der Waals surface area contributed by atoms with E-state index >= 15 is 0 Å². The number of pyridine rings is 1. The third-order valence-corrected chi connectivity index (χ3v) is 5.91. The highest BCUT2D eigenvalue weighted by Gasteiger charge is 2.23. The molecule has 0 aliphatic rings. The normalized spacial score (nSPS) is 13.0. The first kappa shape index (κ1) is 23.1. The fourth-order valence-corrected chi connectivity index (χ4v) is 4.19. The average molecular weight is 496 g/mol. The molecule has 35 heavy (non-hydrogen) atoms. The lowest BCUT2D eigenvalue weighted by Gasteiger charge is -2.20.